The summed E-state index contributed by atoms with van der Waals surface area (Å²) in [5.74, 6) is -0.600. The molecule has 0 bridgehead atoms. The van der Waals surface area contributed by atoms with Crippen LogP contribution in [0.4, 0.5) is 0 Å². The fraction of sp³-hybridized carbons (Fsp3) is 0.250. The third-order valence-electron chi connectivity index (χ3n) is 4.41. The van der Waals surface area contributed by atoms with E-state index in [0.29, 0.717) is 29.1 Å². The van der Waals surface area contributed by atoms with E-state index in [-0.39, 0.29) is 30.7 Å². The second-order valence-electron chi connectivity index (χ2n) is 6.29. The normalized spacial score (nSPS) is 13.1. The molecule has 1 aliphatic heterocycles. The molecule has 0 aromatic heterocycles. The minimum absolute atomic E-state index is 0.0310. The van der Waals surface area contributed by atoms with Crippen molar-refractivity contribution in [1.82, 2.24) is 9.80 Å². The van der Waals surface area contributed by atoms with E-state index in [2.05, 4.69) is 0 Å². The van der Waals surface area contributed by atoms with Gasteiger partial charge in [-0.25, -0.2) is 0 Å². The topological polar surface area (TPSA) is 57.7 Å². The Morgan fingerprint density at radius 3 is 2.15 bits per heavy atom. The Morgan fingerprint density at radius 1 is 1.00 bits per heavy atom. The number of rotatable bonds is 6. The van der Waals surface area contributed by atoms with E-state index in [4.69, 9.17) is 11.6 Å². The predicted molar refractivity (Wildman–Crippen MR) is 99.0 cm³/mol. The third kappa shape index (κ3) is 3.78. The van der Waals surface area contributed by atoms with Gasteiger partial charge < -0.3 is 4.90 Å². The zero-order valence-electron chi connectivity index (χ0n) is 14.4. The van der Waals surface area contributed by atoms with Crippen LogP contribution in [0.3, 0.4) is 0 Å². The SMILES string of the molecule is CN(Cc1ccc(Cl)cc1)C(=O)CCCN1C(=O)c2ccccc2C1=O. The summed E-state index contributed by atoms with van der Waals surface area (Å²) >= 11 is 5.86. The van der Waals surface area contributed by atoms with Gasteiger partial charge in [0, 0.05) is 31.6 Å². The highest BCUT2D eigenvalue weighted by molar-refractivity contribution is 6.30. The predicted octanol–water partition coefficient (Wildman–Crippen LogP) is 3.37. The molecule has 0 saturated carbocycles. The third-order valence-corrected chi connectivity index (χ3v) is 4.66. The highest BCUT2D eigenvalue weighted by Gasteiger charge is 2.34. The largest absolute Gasteiger partial charge is 0.341 e. The van der Waals surface area contributed by atoms with Crippen molar-refractivity contribution in [2.75, 3.05) is 13.6 Å². The van der Waals surface area contributed by atoms with Crippen LogP contribution in [-0.2, 0) is 11.3 Å². The second kappa shape index (κ2) is 7.70. The summed E-state index contributed by atoms with van der Waals surface area (Å²) in [6.45, 7) is 0.732. The highest BCUT2D eigenvalue weighted by atomic mass is 35.5. The Labute approximate surface area is 157 Å². The lowest BCUT2D eigenvalue weighted by Gasteiger charge is -2.18. The standard InChI is InChI=1S/C20H19ClN2O3/c1-22(13-14-8-10-15(21)11-9-14)18(24)7-4-12-23-19(25)16-5-2-3-6-17(16)20(23)26/h2-3,5-6,8-11H,4,7,12-13H2,1H3. The lowest BCUT2D eigenvalue weighted by atomic mass is 10.1. The Kier molecular flexibility index (Phi) is 5.38. The van der Waals surface area contributed by atoms with Gasteiger partial charge in [0.05, 0.1) is 11.1 Å². The van der Waals surface area contributed by atoms with Crippen molar-refractivity contribution in [3.8, 4) is 0 Å². The van der Waals surface area contributed by atoms with Gasteiger partial charge in [-0.2, -0.15) is 0 Å². The number of nitrogens with zero attached hydrogens (tertiary/aromatic N) is 2. The maximum Gasteiger partial charge on any atom is 0.261 e. The van der Waals surface area contributed by atoms with Crippen LogP contribution >= 0.6 is 11.6 Å². The monoisotopic (exact) mass is 370 g/mol. The molecule has 2 aromatic rings. The molecule has 0 fully saturated rings. The molecule has 0 radical (unpaired) electrons. The summed E-state index contributed by atoms with van der Waals surface area (Å²) in [5.41, 5.74) is 1.86. The van der Waals surface area contributed by atoms with Crippen molar-refractivity contribution in [3.63, 3.8) is 0 Å². The summed E-state index contributed by atoms with van der Waals surface area (Å²) in [6.07, 6.45) is 0.715. The van der Waals surface area contributed by atoms with E-state index in [1.165, 1.54) is 4.90 Å². The van der Waals surface area contributed by atoms with Gasteiger partial charge in [-0.15, -0.1) is 0 Å². The molecule has 6 heteroatoms. The Morgan fingerprint density at radius 2 is 1.58 bits per heavy atom. The fourth-order valence-corrected chi connectivity index (χ4v) is 3.10. The van der Waals surface area contributed by atoms with Crippen LogP contribution in [0.2, 0.25) is 5.02 Å². The molecule has 3 rings (SSSR count). The molecule has 26 heavy (non-hydrogen) atoms. The van der Waals surface area contributed by atoms with Crippen LogP contribution in [0.15, 0.2) is 48.5 Å². The summed E-state index contributed by atoms with van der Waals surface area (Å²) < 4.78 is 0. The Bertz CT molecular complexity index is 813. The summed E-state index contributed by atoms with van der Waals surface area (Å²) in [5, 5.41) is 0.656. The quantitative estimate of drug-likeness (QED) is 0.732. The van der Waals surface area contributed by atoms with E-state index in [0.717, 1.165) is 5.56 Å². The average molecular weight is 371 g/mol. The molecule has 0 N–H and O–H groups in total. The van der Waals surface area contributed by atoms with Crippen LogP contribution < -0.4 is 0 Å². The molecule has 5 nitrogen and oxygen atoms in total. The van der Waals surface area contributed by atoms with E-state index >= 15 is 0 Å². The van der Waals surface area contributed by atoms with Gasteiger partial charge in [0.1, 0.15) is 0 Å². The molecule has 0 unspecified atom stereocenters. The molecule has 0 spiro atoms. The Hall–Kier alpha value is -2.66. The van der Waals surface area contributed by atoms with Crippen LogP contribution in [0.25, 0.3) is 0 Å². The van der Waals surface area contributed by atoms with Gasteiger partial charge in [0.25, 0.3) is 11.8 Å². The molecule has 0 saturated heterocycles. The van der Waals surface area contributed by atoms with E-state index in [9.17, 15) is 14.4 Å². The number of halogens is 1. The highest BCUT2D eigenvalue weighted by Crippen LogP contribution is 2.22. The van der Waals surface area contributed by atoms with Gasteiger partial charge in [0.2, 0.25) is 5.91 Å². The first-order chi connectivity index (χ1) is 12.5. The number of carbonyl (C=O) groups is 3. The molecule has 0 atom stereocenters. The zero-order valence-corrected chi connectivity index (χ0v) is 15.2. The van der Waals surface area contributed by atoms with Crippen molar-refractivity contribution >= 4 is 29.3 Å². The second-order valence-corrected chi connectivity index (χ2v) is 6.72. The number of hydrogen-bond donors (Lipinski definition) is 0. The molecule has 134 valence electrons. The van der Waals surface area contributed by atoms with Crippen LogP contribution in [0.5, 0.6) is 0 Å². The summed E-state index contributed by atoms with van der Waals surface area (Å²) in [7, 11) is 1.74. The zero-order chi connectivity index (χ0) is 18.7. The van der Waals surface area contributed by atoms with Crippen LogP contribution in [0.1, 0.15) is 39.1 Å². The number of benzene rings is 2. The molecule has 2 aromatic carbocycles. The molecule has 1 aliphatic rings. The summed E-state index contributed by atoms with van der Waals surface area (Å²) in [4.78, 5) is 39.7. The smallest absolute Gasteiger partial charge is 0.261 e. The molecule has 1 heterocycles. The van der Waals surface area contributed by atoms with E-state index < -0.39 is 0 Å². The van der Waals surface area contributed by atoms with Crippen LogP contribution in [0, 0.1) is 0 Å². The van der Waals surface area contributed by atoms with Crippen molar-refractivity contribution < 1.29 is 14.4 Å². The summed E-state index contributed by atoms with van der Waals surface area (Å²) in [6, 6.07) is 14.1. The van der Waals surface area contributed by atoms with Crippen molar-refractivity contribution in [2.45, 2.75) is 19.4 Å². The van der Waals surface area contributed by atoms with Gasteiger partial charge in [-0.3, -0.25) is 19.3 Å². The molecule has 3 amide bonds. The first kappa shape index (κ1) is 18.1. The van der Waals surface area contributed by atoms with Gasteiger partial charge >= 0.3 is 0 Å². The average Bonchev–Trinajstić information content (AvgIpc) is 2.88. The maximum atomic E-state index is 12.3. The van der Waals surface area contributed by atoms with Gasteiger partial charge in [-0.1, -0.05) is 35.9 Å². The lowest BCUT2D eigenvalue weighted by molar-refractivity contribution is -0.130. The maximum absolute atomic E-state index is 12.3. The van der Waals surface area contributed by atoms with E-state index in [1.54, 1.807) is 48.3 Å². The Balaban J connectivity index is 1.50. The first-order valence-corrected chi connectivity index (χ1v) is 8.79. The van der Waals surface area contributed by atoms with Gasteiger partial charge in [-0.05, 0) is 36.2 Å². The fourth-order valence-electron chi connectivity index (χ4n) is 2.97. The minimum atomic E-state index is -0.285. The molecular weight excluding hydrogens is 352 g/mol. The molecule has 0 aliphatic carbocycles. The number of hydrogen-bond acceptors (Lipinski definition) is 3. The van der Waals surface area contributed by atoms with Crippen LogP contribution in [-0.4, -0.2) is 41.1 Å². The van der Waals surface area contributed by atoms with Crippen molar-refractivity contribution in [2.24, 2.45) is 0 Å². The lowest BCUT2D eigenvalue weighted by Crippen LogP contribution is -2.32. The number of carbonyl (C=O) groups excluding carboxylic acids is 3. The van der Waals surface area contributed by atoms with Gasteiger partial charge in [0.15, 0.2) is 0 Å². The first-order valence-electron chi connectivity index (χ1n) is 8.41. The minimum Gasteiger partial charge on any atom is -0.341 e. The van der Waals surface area contributed by atoms with Crippen molar-refractivity contribution in [3.05, 3.63) is 70.2 Å². The number of imide groups is 1. The number of fused-ring (bicyclic) bond motifs is 1. The van der Waals surface area contributed by atoms with Crippen molar-refractivity contribution in [1.29, 1.82) is 0 Å². The van der Waals surface area contributed by atoms with E-state index in [1.807, 2.05) is 12.1 Å². The number of amides is 3. The molecular formula is C20H19ClN2O3.